The van der Waals surface area contributed by atoms with Crippen molar-refractivity contribution in [3.63, 3.8) is 0 Å². The Morgan fingerprint density at radius 1 is 0.695 bits per heavy atom. The molecule has 0 saturated carbocycles. The van der Waals surface area contributed by atoms with Crippen molar-refractivity contribution in [3.8, 4) is 11.5 Å². The number of amidine groups is 2. The van der Waals surface area contributed by atoms with Gasteiger partial charge in [0.15, 0.2) is 11.7 Å². The maximum absolute atomic E-state index is 13.1. The fourth-order valence-corrected chi connectivity index (χ4v) is 6.74. The number of halogens is 1. The fourth-order valence-electron chi connectivity index (χ4n) is 6.56. The Labute approximate surface area is 356 Å². The summed E-state index contributed by atoms with van der Waals surface area (Å²) in [7, 11) is 3.19. The first kappa shape index (κ1) is 49.6. The molecule has 2 aliphatic rings. The van der Waals surface area contributed by atoms with Crippen LogP contribution < -0.4 is 20.7 Å². The molecule has 2 aliphatic heterocycles. The smallest absolute Gasteiger partial charge is 0.270 e. The fraction of sp³-hybridized carbons (Fsp3) is 0.391. The van der Waals surface area contributed by atoms with Crippen LogP contribution in [0.3, 0.4) is 0 Å². The highest BCUT2D eigenvalue weighted by atomic mass is 35.5. The molecule has 0 radical (unpaired) electrons. The predicted molar refractivity (Wildman–Crippen MR) is 239 cm³/mol. The summed E-state index contributed by atoms with van der Waals surface area (Å²) in [5, 5.41) is 11.1. The van der Waals surface area contributed by atoms with E-state index in [0.717, 1.165) is 39.8 Å². The van der Waals surface area contributed by atoms with Crippen molar-refractivity contribution in [3.05, 3.63) is 128 Å². The lowest BCUT2D eigenvalue weighted by Crippen LogP contribution is -2.54. The second-order valence-corrected chi connectivity index (χ2v) is 15.1. The lowest BCUT2D eigenvalue weighted by atomic mass is 10.0. The molecule has 1 amide bonds. The first-order valence-corrected chi connectivity index (χ1v) is 19.1. The van der Waals surface area contributed by atoms with Gasteiger partial charge in [0.1, 0.15) is 11.5 Å². The molecule has 0 aliphatic carbocycles. The minimum Gasteiger partial charge on any atom is -0.496 e. The minimum atomic E-state index is -0.812. The molecule has 3 N–H and O–H groups in total. The van der Waals surface area contributed by atoms with Gasteiger partial charge in [0.05, 0.1) is 14.2 Å². The van der Waals surface area contributed by atoms with Crippen LogP contribution in [0.4, 0.5) is 0 Å². The highest BCUT2D eigenvalue weighted by molar-refractivity contribution is 6.68. The zero-order valence-corrected chi connectivity index (χ0v) is 35.8. The van der Waals surface area contributed by atoms with Gasteiger partial charge in [-0.15, -0.1) is 0 Å². The van der Waals surface area contributed by atoms with Crippen molar-refractivity contribution in [2.75, 3.05) is 14.2 Å². The van der Waals surface area contributed by atoms with E-state index in [1.165, 1.54) is 11.1 Å². The van der Waals surface area contributed by atoms with Gasteiger partial charge in [-0.2, -0.15) is 0 Å². The van der Waals surface area contributed by atoms with E-state index >= 15 is 0 Å². The number of nitrogens with one attached hydrogen (secondary N) is 1. The van der Waals surface area contributed by atoms with Crippen molar-refractivity contribution < 1.29 is 28.7 Å². The number of hydrazine groups is 2. The highest BCUT2D eigenvalue weighted by Crippen LogP contribution is 2.29. The number of carbonyl (C=O) groups excluding carboxylic acids is 2. The Morgan fingerprint density at radius 2 is 1.10 bits per heavy atom. The lowest BCUT2D eigenvalue weighted by Gasteiger charge is -2.31. The third kappa shape index (κ3) is 11.8. The van der Waals surface area contributed by atoms with E-state index in [1.807, 2.05) is 85.7 Å². The number of amides is 1. The van der Waals surface area contributed by atoms with Gasteiger partial charge in [0.25, 0.3) is 11.1 Å². The van der Waals surface area contributed by atoms with E-state index < -0.39 is 16.7 Å². The molecule has 59 heavy (non-hydrogen) atoms. The summed E-state index contributed by atoms with van der Waals surface area (Å²) in [4.78, 5) is 35.0. The van der Waals surface area contributed by atoms with Crippen molar-refractivity contribution >= 4 is 34.4 Å². The van der Waals surface area contributed by atoms with E-state index in [2.05, 4.69) is 53.9 Å². The number of oxime groups is 2. The van der Waals surface area contributed by atoms with Crippen LogP contribution in [0.5, 0.6) is 11.5 Å². The van der Waals surface area contributed by atoms with Gasteiger partial charge in [-0.3, -0.25) is 15.0 Å². The van der Waals surface area contributed by atoms with Crippen LogP contribution in [0.1, 0.15) is 122 Å². The summed E-state index contributed by atoms with van der Waals surface area (Å²) < 4.78 is 10.5. The van der Waals surface area contributed by atoms with Gasteiger partial charge in [-0.1, -0.05) is 85.5 Å². The monoisotopic (exact) mass is 830 g/mol. The van der Waals surface area contributed by atoms with Crippen LogP contribution in [0.2, 0.25) is 0 Å². The number of aryl methyl sites for hydroxylation is 4. The average molecular weight is 831 g/mol. The molecule has 13 heteroatoms. The molecule has 0 bridgehead atoms. The zero-order valence-electron chi connectivity index (χ0n) is 35.0. The number of nitrogens with two attached hydrogens (primary N) is 1. The zero-order chi connectivity index (χ0) is 42.2. The molecular formula is C46H63ClN6O6. The van der Waals surface area contributed by atoms with Crippen LogP contribution in [-0.2, 0) is 22.5 Å². The average Bonchev–Trinajstić information content (AvgIpc) is 3.61. The molecule has 2 heterocycles. The van der Waals surface area contributed by atoms with Gasteiger partial charge < -0.3 is 19.1 Å². The molecule has 320 valence electrons. The quantitative estimate of drug-likeness (QED) is 0.125. The minimum absolute atomic E-state index is 0. The third-order valence-corrected chi connectivity index (χ3v) is 9.52. The van der Waals surface area contributed by atoms with E-state index in [-0.39, 0.29) is 20.8 Å². The van der Waals surface area contributed by atoms with Gasteiger partial charge in [0, 0.05) is 33.4 Å². The largest absolute Gasteiger partial charge is 0.496 e. The first-order valence-electron chi connectivity index (χ1n) is 18.7. The topological polar surface area (TPSA) is 140 Å². The van der Waals surface area contributed by atoms with Crippen molar-refractivity contribution in [2.24, 2.45) is 16.2 Å². The van der Waals surface area contributed by atoms with Crippen LogP contribution in [0.15, 0.2) is 83.1 Å². The summed E-state index contributed by atoms with van der Waals surface area (Å²) in [6.45, 7) is 19.6. The summed E-state index contributed by atoms with van der Waals surface area (Å²) in [5.74, 6) is 8.41. The third-order valence-electron chi connectivity index (χ3n) is 9.31. The maximum Gasteiger partial charge on any atom is 0.270 e. The second kappa shape index (κ2) is 20.9. The number of carbonyl (C=O) groups is 2. The molecule has 0 atom stereocenters. The summed E-state index contributed by atoms with van der Waals surface area (Å²) >= 11 is 5.42. The molecule has 0 saturated heterocycles. The van der Waals surface area contributed by atoms with Gasteiger partial charge in [-0.05, 0) is 128 Å². The number of methoxy groups -OCH3 is 2. The maximum atomic E-state index is 13.1. The van der Waals surface area contributed by atoms with E-state index in [4.69, 9.17) is 36.6 Å². The lowest BCUT2D eigenvalue weighted by molar-refractivity contribution is -0.0824. The Hall–Kier alpha value is -5.59. The van der Waals surface area contributed by atoms with E-state index in [0.29, 0.717) is 40.7 Å². The number of hydrogen-bond donors (Lipinski definition) is 2. The Bertz CT molecular complexity index is 2130. The molecule has 12 nitrogen and oxygen atoms in total. The molecule has 4 aromatic rings. The molecule has 4 aromatic carbocycles. The predicted octanol–water partition coefficient (Wildman–Crippen LogP) is 9.77. The molecule has 0 fully saturated rings. The van der Waals surface area contributed by atoms with E-state index in [9.17, 15) is 9.59 Å². The molecule has 0 aromatic heterocycles. The van der Waals surface area contributed by atoms with Crippen LogP contribution in [-0.4, -0.2) is 58.5 Å². The number of rotatable bonds is 9. The molecule has 0 unspecified atom stereocenters. The van der Waals surface area contributed by atoms with Gasteiger partial charge in [0.2, 0.25) is 11.4 Å². The Kier molecular flexibility index (Phi) is 17.6. The van der Waals surface area contributed by atoms with Crippen molar-refractivity contribution in [2.45, 2.75) is 108 Å². The van der Waals surface area contributed by atoms with E-state index in [1.54, 1.807) is 42.4 Å². The molecule has 6 rings (SSSR count). The molecular weight excluding hydrogens is 768 g/mol. The number of nitrogens with zero attached hydrogens (tertiary/aromatic N) is 4. The SMILES string of the molecule is C.C.CCc1c(OC)cccc1C(=O)Cl.CCc1c(OC)cccc1C(=O)NN1C(c2cc(C)cc(C)c2)=NOC1(C)C.Cc1cc(C)cc(C2=NOC(C)(C)N2N)c1. The standard InChI is InChI=1S/C22H27N3O3.C12H17N3O.C10H11ClO2.2CH4/c1-7-17-18(9-8-10-19(17)27-6)21(26)23-25-20(24-28-22(25,4)5)16-12-14(2)11-15(3)13-16;1-8-5-9(2)7-10(6-8)11-14-16-12(3,4)15(11)13;1-3-7-8(10(11)12)5-4-6-9(7)13-2;;/h8-13H,7H2,1-6H3,(H,23,26);5-7H,13H2,1-4H3;4-6H,3H2,1-2H3;2*1H4. The number of benzene rings is 4. The highest BCUT2D eigenvalue weighted by Gasteiger charge is 2.40. The van der Waals surface area contributed by atoms with Gasteiger partial charge >= 0.3 is 0 Å². The number of hydrogen-bond acceptors (Lipinski definition) is 11. The summed E-state index contributed by atoms with van der Waals surface area (Å²) in [5.41, 5.74) is 10.9. The second-order valence-electron chi connectivity index (χ2n) is 14.8. The summed E-state index contributed by atoms with van der Waals surface area (Å²) in [6, 6.07) is 23.1. The van der Waals surface area contributed by atoms with Gasteiger partial charge in [-0.25, -0.2) is 15.9 Å². The van der Waals surface area contributed by atoms with Crippen LogP contribution in [0.25, 0.3) is 0 Å². The number of ether oxygens (including phenoxy) is 2. The van der Waals surface area contributed by atoms with Crippen molar-refractivity contribution in [1.82, 2.24) is 15.4 Å². The normalized spacial score (nSPS) is 14.3. The molecule has 0 spiro atoms. The summed E-state index contributed by atoms with van der Waals surface area (Å²) in [6.07, 6.45) is 1.42. The van der Waals surface area contributed by atoms with Crippen LogP contribution >= 0.6 is 11.6 Å². The van der Waals surface area contributed by atoms with Crippen LogP contribution in [0, 0.1) is 27.7 Å². The first-order chi connectivity index (χ1) is 26.9. The van der Waals surface area contributed by atoms with Crippen molar-refractivity contribution in [1.29, 1.82) is 0 Å². The Balaban J connectivity index is 0.000000329. The Morgan fingerprint density at radius 3 is 1.51 bits per heavy atom.